The van der Waals surface area contributed by atoms with Gasteiger partial charge in [-0.25, -0.2) is 0 Å². The molecule has 0 N–H and O–H groups in total. The van der Waals surface area contributed by atoms with E-state index in [1.54, 1.807) is 13.2 Å². The lowest BCUT2D eigenvalue weighted by Gasteiger charge is -1.58. The summed E-state index contributed by atoms with van der Waals surface area (Å²) in [5, 5.41) is 0. The Morgan fingerprint density at radius 1 is 2.00 bits per heavy atom. The van der Waals surface area contributed by atoms with E-state index in [4.69, 9.17) is 4.79 Å². The predicted octanol–water partition coefficient (Wildman–Crippen LogP) is 0.320. The van der Waals surface area contributed by atoms with Gasteiger partial charge in [-0.1, -0.05) is 0 Å². The SMILES string of the molecule is C[CH+][C-]=O. The van der Waals surface area contributed by atoms with Crippen molar-refractivity contribution in [2.24, 2.45) is 0 Å². The third kappa shape index (κ3) is 1.54. The molecule has 0 amide bonds. The molecule has 0 atom stereocenters. The monoisotopic (exact) mass is 56.0 g/mol. The Morgan fingerprint density at radius 3 is 2.25 bits per heavy atom. The zero-order chi connectivity index (χ0) is 3.41. The van der Waals surface area contributed by atoms with Gasteiger partial charge in [0.25, 0.3) is 0 Å². The van der Waals surface area contributed by atoms with Crippen molar-refractivity contribution in [2.45, 2.75) is 6.92 Å². The van der Waals surface area contributed by atoms with E-state index in [1.165, 1.54) is 6.42 Å². The maximum absolute atomic E-state index is 8.99. The van der Waals surface area contributed by atoms with Gasteiger partial charge in [-0.2, -0.15) is 0 Å². The average molecular weight is 56.1 g/mol. The zero-order valence-electron chi connectivity index (χ0n) is 2.49. The molecule has 4 heavy (non-hydrogen) atoms. The number of rotatable bonds is 1. The second kappa shape index (κ2) is 2.54. The largest absolute Gasteiger partial charge is 0.489 e. The molecule has 0 aromatic rings. The minimum absolute atomic E-state index is 1.32. The van der Waals surface area contributed by atoms with Crippen LogP contribution in [0.4, 0.5) is 0 Å². The van der Waals surface area contributed by atoms with Crippen LogP contribution >= 0.6 is 0 Å². The molecule has 0 rings (SSSR count). The Kier molecular flexibility index (Phi) is 2.25. The highest BCUT2D eigenvalue weighted by Crippen LogP contribution is 1.50. The van der Waals surface area contributed by atoms with Crippen molar-refractivity contribution >= 4 is 6.29 Å². The van der Waals surface area contributed by atoms with Crippen LogP contribution in [-0.4, -0.2) is 6.29 Å². The molecule has 0 heterocycles. The average Bonchev–Trinajstić information content (AvgIpc) is 1.37. The molecular formula is C3H4O. The van der Waals surface area contributed by atoms with Crippen molar-refractivity contribution in [3.05, 3.63) is 6.42 Å². The highest BCUT2D eigenvalue weighted by molar-refractivity contribution is 5.60. The molecule has 0 bridgehead atoms. The summed E-state index contributed by atoms with van der Waals surface area (Å²) in [4.78, 5) is 8.99. The van der Waals surface area contributed by atoms with Crippen molar-refractivity contribution < 1.29 is 4.79 Å². The second-order valence-corrected chi connectivity index (χ2v) is 0.407. The summed E-state index contributed by atoms with van der Waals surface area (Å²) in [6.45, 7) is 1.63. The molecule has 0 aromatic carbocycles. The lowest BCUT2D eigenvalue weighted by Crippen LogP contribution is -1.56. The first kappa shape index (κ1) is 3.54. The molecule has 0 aliphatic heterocycles. The first-order valence-corrected chi connectivity index (χ1v) is 1.07. The van der Waals surface area contributed by atoms with E-state index in [1.807, 2.05) is 0 Å². The van der Waals surface area contributed by atoms with Gasteiger partial charge >= 0.3 is 0 Å². The normalized spacial score (nSPS) is 5.25. The Bertz CT molecular complexity index is 17.2. The summed E-state index contributed by atoms with van der Waals surface area (Å²) in [7, 11) is 0. The molecule has 1 heteroatoms. The number of hydrogen-bond acceptors (Lipinski definition) is 1. The van der Waals surface area contributed by atoms with Crippen LogP contribution in [-0.2, 0) is 4.79 Å². The van der Waals surface area contributed by atoms with Gasteiger partial charge in [0.2, 0.25) is 0 Å². The summed E-state index contributed by atoms with van der Waals surface area (Å²) in [5.74, 6) is 0. The van der Waals surface area contributed by atoms with E-state index >= 15 is 0 Å². The number of hydrogen-bond donors (Lipinski definition) is 0. The first-order chi connectivity index (χ1) is 1.91. The van der Waals surface area contributed by atoms with E-state index in [2.05, 4.69) is 0 Å². The molecule has 0 radical (unpaired) electrons. The van der Waals surface area contributed by atoms with Crippen LogP contribution < -0.4 is 0 Å². The van der Waals surface area contributed by atoms with E-state index in [-0.39, 0.29) is 0 Å². The van der Waals surface area contributed by atoms with Gasteiger partial charge < -0.3 is 4.79 Å². The molecule has 0 saturated heterocycles. The van der Waals surface area contributed by atoms with E-state index in [0.29, 0.717) is 0 Å². The lowest BCUT2D eigenvalue weighted by atomic mass is 10.6. The Labute approximate surface area is 25.6 Å². The van der Waals surface area contributed by atoms with Crippen molar-refractivity contribution in [3.63, 3.8) is 0 Å². The summed E-state index contributed by atoms with van der Waals surface area (Å²) in [5.41, 5.74) is 0. The van der Waals surface area contributed by atoms with Crippen LogP contribution in [0.5, 0.6) is 0 Å². The van der Waals surface area contributed by atoms with Crippen LogP contribution in [0.2, 0.25) is 0 Å². The summed E-state index contributed by atoms with van der Waals surface area (Å²) < 4.78 is 0. The van der Waals surface area contributed by atoms with Crippen LogP contribution in [0.1, 0.15) is 6.92 Å². The molecule has 22 valence electrons. The van der Waals surface area contributed by atoms with Crippen LogP contribution in [0, 0.1) is 6.42 Å². The zero-order valence-corrected chi connectivity index (χ0v) is 2.49. The third-order valence-electron chi connectivity index (χ3n) is 0.118. The molecule has 0 aliphatic carbocycles. The second-order valence-electron chi connectivity index (χ2n) is 0.407. The molecule has 0 spiro atoms. The minimum atomic E-state index is 1.32. The Morgan fingerprint density at radius 2 is 2.25 bits per heavy atom. The van der Waals surface area contributed by atoms with Crippen molar-refractivity contribution in [2.75, 3.05) is 0 Å². The molecule has 0 aromatic heterocycles. The molecule has 0 fully saturated rings. The van der Waals surface area contributed by atoms with Gasteiger partial charge in [0.1, 0.15) is 0 Å². The van der Waals surface area contributed by atoms with E-state index < -0.39 is 0 Å². The van der Waals surface area contributed by atoms with Gasteiger partial charge in [-0.15, -0.1) is 0 Å². The first-order valence-electron chi connectivity index (χ1n) is 1.07. The Balaban J connectivity index is 2.30. The quantitative estimate of drug-likeness (QED) is 0.395. The summed E-state index contributed by atoms with van der Waals surface area (Å²) in [6.07, 6.45) is 2.88. The van der Waals surface area contributed by atoms with Gasteiger partial charge in [0, 0.05) is 0 Å². The van der Waals surface area contributed by atoms with Crippen LogP contribution in [0.3, 0.4) is 0 Å². The maximum atomic E-state index is 8.99. The fourth-order valence-electron chi connectivity index (χ4n) is 0. The van der Waals surface area contributed by atoms with Gasteiger partial charge in [-0.05, 0) is 12.7 Å². The minimum Gasteiger partial charge on any atom is -0.489 e. The van der Waals surface area contributed by atoms with Crippen LogP contribution in [0.25, 0.3) is 0 Å². The summed E-state index contributed by atoms with van der Waals surface area (Å²) >= 11 is 0. The Hall–Kier alpha value is -0.460. The fraction of sp³-hybridized carbons (Fsp3) is 0.333. The van der Waals surface area contributed by atoms with Crippen LogP contribution in [0.15, 0.2) is 0 Å². The van der Waals surface area contributed by atoms with Crippen molar-refractivity contribution in [1.82, 2.24) is 0 Å². The lowest BCUT2D eigenvalue weighted by molar-refractivity contribution is 0.561. The van der Waals surface area contributed by atoms with E-state index in [9.17, 15) is 0 Å². The van der Waals surface area contributed by atoms with Gasteiger partial charge in [0.05, 0.1) is 6.92 Å². The number of carbonyl (C=O) groups excluding carboxylic acids is 1. The smallest absolute Gasteiger partial charge is 0.0513 e. The molecule has 0 unspecified atom stereocenters. The molecule has 0 aliphatic rings. The topological polar surface area (TPSA) is 17.1 Å². The summed E-state index contributed by atoms with van der Waals surface area (Å²) in [6, 6.07) is 0. The van der Waals surface area contributed by atoms with Crippen molar-refractivity contribution in [3.8, 4) is 0 Å². The molecule has 0 saturated carbocycles. The maximum Gasteiger partial charge on any atom is 0.0513 e. The molecule has 1 nitrogen and oxygen atoms in total. The fourth-order valence-corrected chi connectivity index (χ4v) is 0. The highest BCUT2D eigenvalue weighted by atomic mass is 16.1. The van der Waals surface area contributed by atoms with Gasteiger partial charge in [0.15, 0.2) is 0 Å². The highest BCUT2D eigenvalue weighted by Gasteiger charge is 1.47. The van der Waals surface area contributed by atoms with Crippen molar-refractivity contribution in [1.29, 1.82) is 0 Å². The predicted molar refractivity (Wildman–Crippen MR) is 15.7 cm³/mol. The van der Waals surface area contributed by atoms with Gasteiger partial charge in [-0.3, -0.25) is 0 Å². The third-order valence-corrected chi connectivity index (χ3v) is 0.118. The molecular weight excluding hydrogens is 52.0 g/mol. The van der Waals surface area contributed by atoms with E-state index in [0.717, 1.165) is 0 Å². The standard InChI is InChI=1S/C3H4O/c1-2-3-4/h2H,1H3.